The highest BCUT2D eigenvalue weighted by Crippen LogP contribution is 2.28. The number of anilines is 1. The van der Waals surface area contributed by atoms with Crippen LogP contribution in [0.3, 0.4) is 0 Å². The van der Waals surface area contributed by atoms with Crippen molar-refractivity contribution in [3.8, 4) is 11.5 Å². The number of ether oxygens (including phenoxy) is 1. The van der Waals surface area contributed by atoms with Gasteiger partial charge in [0, 0.05) is 30.9 Å². The van der Waals surface area contributed by atoms with Gasteiger partial charge in [-0.05, 0) is 43.3 Å². The minimum absolute atomic E-state index is 0.00677. The van der Waals surface area contributed by atoms with Crippen LogP contribution in [0, 0.1) is 0 Å². The Labute approximate surface area is 141 Å². The van der Waals surface area contributed by atoms with Gasteiger partial charge in [-0.15, -0.1) is 0 Å². The standard InChI is InChI=1S/C18H21N3O3/c1-4-24-16-7-5-6-14(17(16)22)12-19-20-18(23)13-8-10-15(11-9-13)21(2)3/h5-12,22H,4H2,1-3H3,(H,20,23)/b19-12+. The fourth-order valence-corrected chi connectivity index (χ4v) is 2.05. The third-order valence-electron chi connectivity index (χ3n) is 3.35. The Morgan fingerprint density at radius 2 is 1.96 bits per heavy atom. The summed E-state index contributed by atoms with van der Waals surface area (Å²) in [6, 6.07) is 12.3. The van der Waals surface area contributed by atoms with Crippen LogP contribution in [0.2, 0.25) is 0 Å². The highest BCUT2D eigenvalue weighted by molar-refractivity contribution is 5.95. The van der Waals surface area contributed by atoms with Crippen molar-refractivity contribution in [1.29, 1.82) is 0 Å². The molecule has 0 fully saturated rings. The van der Waals surface area contributed by atoms with Crippen LogP contribution in [0.1, 0.15) is 22.8 Å². The van der Waals surface area contributed by atoms with Crippen molar-refractivity contribution in [3.63, 3.8) is 0 Å². The summed E-state index contributed by atoms with van der Waals surface area (Å²) in [7, 11) is 3.87. The molecule has 1 amide bonds. The third-order valence-corrected chi connectivity index (χ3v) is 3.35. The molecule has 6 nitrogen and oxygen atoms in total. The van der Waals surface area contributed by atoms with Crippen LogP contribution < -0.4 is 15.1 Å². The highest BCUT2D eigenvalue weighted by Gasteiger charge is 2.07. The van der Waals surface area contributed by atoms with Crippen molar-refractivity contribution in [1.82, 2.24) is 5.43 Å². The number of hydrogen-bond acceptors (Lipinski definition) is 5. The fourth-order valence-electron chi connectivity index (χ4n) is 2.05. The van der Waals surface area contributed by atoms with Gasteiger partial charge in [-0.3, -0.25) is 4.79 Å². The van der Waals surface area contributed by atoms with Crippen molar-refractivity contribution in [2.45, 2.75) is 6.92 Å². The van der Waals surface area contributed by atoms with Crippen LogP contribution >= 0.6 is 0 Å². The first-order chi connectivity index (χ1) is 11.5. The molecule has 0 aliphatic heterocycles. The normalized spacial score (nSPS) is 10.6. The molecule has 24 heavy (non-hydrogen) atoms. The number of para-hydroxylation sites is 1. The highest BCUT2D eigenvalue weighted by atomic mass is 16.5. The summed E-state index contributed by atoms with van der Waals surface area (Å²) in [5.74, 6) is 0.0525. The number of phenols is 1. The summed E-state index contributed by atoms with van der Waals surface area (Å²) in [5.41, 5.74) is 4.41. The molecular weight excluding hydrogens is 306 g/mol. The van der Waals surface area contributed by atoms with E-state index in [1.807, 2.05) is 38.1 Å². The predicted octanol–water partition coefficient (Wildman–Crippen LogP) is 2.62. The van der Waals surface area contributed by atoms with E-state index < -0.39 is 0 Å². The van der Waals surface area contributed by atoms with E-state index in [-0.39, 0.29) is 11.7 Å². The molecule has 2 aromatic carbocycles. The van der Waals surface area contributed by atoms with Gasteiger partial charge in [0.2, 0.25) is 0 Å². The van der Waals surface area contributed by atoms with Crippen molar-refractivity contribution in [2.75, 3.05) is 25.6 Å². The second-order valence-corrected chi connectivity index (χ2v) is 5.27. The van der Waals surface area contributed by atoms with Gasteiger partial charge in [-0.1, -0.05) is 6.07 Å². The Morgan fingerprint density at radius 3 is 2.58 bits per heavy atom. The Bertz CT molecular complexity index is 725. The molecule has 0 heterocycles. The van der Waals surface area contributed by atoms with E-state index >= 15 is 0 Å². The molecule has 2 rings (SSSR count). The van der Waals surface area contributed by atoms with Gasteiger partial charge >= 0.3 is 0 Å². The maximum atomic E-state index is 12.0. The maximum absolute atomic E-state index is 12.0. The number of nitrogens with one attached hydrogen (secondary N) is 1. The lowest BCUT2D eigenvalue weighted by atomic mass is 10.2. The molecule has 0 atom stereocenters. The zero-order valence-electron chi connectivity index (χ0n) is 14.0. The summed E-state index contributed by atoms with van der Waals surface area (Å²) in [4.78, 5) is 14.0. The average molecular weight is 327 g/mol. The second-order valence-electron chi connectivity index (χ2n) is 5.27. The predicted molar refractivity (Wildman–Crippen MR) is 95.1 cm³/mol. The lowest BCUT2D eigenvalue weighted by Crippen LogP contribution is -2.18. The topological polar surface area (TPSA) is 74.2 Å². The minimum Gasteiger partial charge on any atom is -0.504 e. The van der Waals surface area contributed by atoms with Gasteiger partial charge in [0.15, 0.2) is 11.5 Å². The first-order valence-corrected chi connectivity index (χ1v) is 7.58. The van der Waals surface area contributed by atoms with E-state index in [1.54, 1.807) is 30.3 Å². The van der Waals surface area contributed by atoms with E-state index in [1.165, 1.54) is 6.21 Å². The van der Waals surface area contributed by atoms with Gasteiger partial charge in [-0.25, -0.2) is 5.43 Å². The first kappa shape index (κ1) is 17.3. The molecule has 0 radical (unpaired) electrons. The van der Waals surface area contributed by atoms with Crippen LogP contribution in [0.4, 0.5) is 5.69 Å². The molecule has 0 aliphatic carbocycles. The summed E-state index contributed by atoms with van der Waals surface area (Å²) in [6.07, 6.45) is 1.38. The monoisotopic (exact) mass is 327 g/mol. The van der Waals surface area contributed by atoms with E-state index in [4.69, 9.17) is 4.74 Å². The number of hydrogen-bond donors (Lipinski definition) is 2. The lowest BCUT2D eigenvalue weighted by Gasteiger charge is -2.12. The van der Waals surface area contributed by atoms with Crippen molar-refractivity contribution < 1.29 is 14.6 Å². The number of benzene rings is 2. The number of carbonyl (C=O) groups is 1. The summed E-state index contributed by atoms with van der Waals surface area (Å²) in [5, 5.41) is 13.9. The zero-order chi connectivity index (χ0) is 17.5. The number of carbonyl (C=O) groups excluding carboxylic acids is 1. The van der Waals surface area contributed by atoms with Crippen LogP contribution in [0.15, 0.2) is 47.6 Å². The smallest absolute Gasteiger partial charge is 0.271 e. The van der Waals surface area contributed by atoms with Crippen LogP contribution in [-0.4, -0.2) is 37.9 Å². The van der Waals surface area contributed by atoms with Crippen molar-refractivity contribution >= 4 is 17.8 Å². The Kier molecular flexibility index (Phi) is 5.78. The SMILES string of the molecule is CCOc1cccc(/C=N/NC(=O)c2ccc(N(C)C)cc2)c1O. The van der Waals surface area contributed by atoms with Crippen LogP contribution in [0.5, 0.6) is 11.5 Å². The number of nitrogens with zero attached hydrogens (tertiary/aromatic N) is 2. The Hall–Kier alpha value is -3.02. The number of rotatable bonds is 6. The quantitative estimate of drug-likeness (QED) is 0.632. The second kappa shape index (κ2) is 8.01. The van der Waals surface area contributed by atoms with E-state index in [0.717, 1.165) is 5.69 Å². The van der Waals surface area contributed by atoms with Gasteiger partial charge in [0.25, 0.3) is 5.91 Å². The van der Waals surface area contributed by atoms with Crippen LogP contribution in [0.25, 0.3) is 0 Å². The average Bonchev–Trinajstić information content (AvgIpc) is 2.58. The lowest BCUT2D eigenvalue weighted by molar-refractivity contribution is 0.0955. The first-order valence-electron chi connectivity index (χ1n) is 7.58. The van der Waals surface area contributed by atoms with Crippen molar-refractivity contribution in [2.24, 2.45) is 5.10 Å². The molecule has 2 aromatic rings. The molecule has 0 saturated heterocycles. The van der Waals surface area contributed by atoms with Gasteiger partial charge < -0.3 is 14.7 Å². The zero-order valence-corrected chi connectivity index (χ0v) is 14.0. The summed E-state index contributed by atoms with van der Waals surface area (Å²) in [6.45, 7) is 2.29. The largest absolute Gasteiger partial charge is 0.504 e. The van der Waals surface area contributed by atoms with Crippen molar-refractivity contribution in [3.05, 3.63) is 53.6 Å². The number of phenolic OH excluding ortho intramolecular Hbond substituents is 1. The number of amides is 1. The molecule has 126 valence electrons. The van der Waals surface area contributed by atoms with E-state index in [9.17, 15) is 9.90 Å². The molecule has 0 aliphatic rings. The van der Waals surface area contributed by atoms with E-state index in [2.05, 4.69) is 10.5 Å². The fraction of sp³-hybridized carbons (Fsp3) is 0.222. The minimum atomic E-state index is -0.322. The molecule has 0 saturated carbocycles. The van der Waals surface area contributed by atoms with E-state index in [0.29, 0.717) is 23.5 Å². The number of hydrazone groups is 1. The number of aromatic hydroxyl groups is 1. The Morgan fingerprint density at radius 1 is 1.25 bits per heavy atom. The van der Waals surface area contributed by atoms with Gasteiger partial charge in [0.1, 0.15) is 0 Å². The summed E-state index contributed by atoms with van der Waals surface area (Å²) >= 11 is 0. The molecule has 0 unspecified atom stereocenters. The summed E-state index contributed by atoms with van der Waals surface area (Å²) < 4.78 is 5.30. The van der Waals surface area contributed by atoms with Crippen LogP contribution in [-0.2, 0) is 0 Å². The molecule has 0 spiro atoms. The molecular formula is C18H21N3O3. The Balaban J connectivity index is 2.03. The molecule has 0 bridgehead atoms. The van der Waals surface area contributed by atoms with Gasteiger partial charge in [-0.2, -0.15) is 5.10 Å². The molecule has 6 heteroatoms. The third kappa shape index (κ3) is 4.25. The molecule has 2 N–H and O–H groups in total. The van der Waals surface area contributed by atoms with Gasteiger partial charge in [0.05, 0.1) is 12.8 Å². The molecule has 0 aromatic heterocycles. The maximum Gasteiger partial charge on any atom is 0.271 e.